The fourth-order valence-electron chi connectivity index (χ4n) is 3.26. The molecule has 0 saturated carbocycles. The van der Waals surface area contributed by atoms with Gasteiger partial charge in [0.05, 0.1) is 7.11 Å². The molecule has 2 heterocycles. The summed E-state index contributed by atoms with van der Waals surface area (Å²) in [5, 5.41) is 8.45. The minimum atomic E-state index is 0.469. The Kier molecular flexibility index (Phi) is 7.19. The number of aromatic nitrogens is 3. The maximum Gasteiger partial charge on any atom is 0.263 e. The summed E-state index contributed by atoms with van der Waals surface area (Å²) >= 11 is 0. The third-order valence-corrected chi connectivity index (χ3v) is 4.85. The number of nitrogens with zero attached hydrogens (tertiary/aromatic N) is 4. The van der Waals surface area contributed by atoms with Gasteiger partial charge in [-0.1, -0.05) is 37.6 Å². The lowest BCUT2D eigenvalue weighted by atomic mass is 10.1. The van der Waals surface area contributed by atoms with Crippen molar-refractivity contribution in [1.82, 2.24) is 20.0 Å². The van der Waals surface area contributed by atoms with E-state index in [9.17, 15) is 0 Å². The molecule has 0 aliphatic carbocycles. The second-order valence-corrected chi connectivity index (χ2v) is 6.70. The normalized spacial score (nSPS) is 11.3. The quantitative estimate of drug-likeness (QED) is 0.497. The van der Waals surface area contributed by atoms with E-state index in [0.29, 0.717) is 11.4 Å². The van der Waals surface area contributed by atoms with Gasteiger partial charge in [-0.05, 0) is 44.6 Å². The van der Waals surface area contributed by atoms with E-state index in [4.69, 9.17) is 9.26 Å². The fourth-order valence-corrected chi connectivity index (χ4v) is 3.26. The van der Waals surface area contributed by atoms with E-state index in [1.54, 1.807) is 7.11 Å². The number of fused-ring (bicyclic) bond motifs is 1. The van der Waals surface area contributed by atoms with Crippen LogP contribution in [0.2, 0.25) is 0 Å². The van der Waals surface area contributed by atoms with Gasteiger partial charge in [0.15, 0.2) is 0 Å². The summed E-state index contributed by atoms with van der Waals surface area (Å²) in [6, 6.07) is 7.74. The van der Waals surface area contributed by atoms with Crippen molar-refractivity contribution in [2.24, 2.45) is 0 Å². The van der Waals surface area contributed by atoms with Crippen molar-refractivity contribution >= 4 is 16.9 Å². The Morgan fingerprint density at radius 2 is 1.93 bits per heavy atom. The summed E-state index contributed by atoms with van der Waals surface area (Å²) in [6.45, 7) is 8.59. The van der Waals surface area contributed by atoms with Crippen molar-refractivity contribution in [1.29, 1.82) is 0 Å². The highest BCUT2D eigenvalue weighted by Crippen LogP contribution is 2.36. The zero-order valence-corrected chi connectivity index (χ0v) is 16.9. The molecule has 3 rings (SSSR count). The summed E-state index contributed by atoms with van der Waals surface area (Å²) in [7, 11) is 1.65. The fraction of sp³-hybridized carbons (Fsp3) is 0.476. The Bertz CT molecular complexity index is 880. The third-order valence-electron chi connectivity index (χ3n) is 4.85. The van der Waals surface area contributed by atoms with Crippen molar-refractivity contribution in [3.63, 3.8) is 0 Å². The molecule has 0 fully saturated rings. The number of rotatable bonds is 11. The van der Waals surface area contributed by atoms with E-state index in [0.717, 1.165) is 55.1 Å². The summed E-state index contributed by atoms with van der Waals surface area (Å²) in [5.74, 6) is 1.48. The van der Waals surface area contributed by atoms with E-state index in [-0.39, 0.29) is 0 Å². The molecule has 0 bridgehead atoms. The smallest absolute Gasteiger partial charge is 0.263 e. The summed E-state index contributed by atoms with van der Waals surface area (Å²) in [5.41, 5.74) is 2.02. The predicted octanol–water partition coefficient (Wildman–Crippen LogP) is 4.22. The molecule has 7 heteroatoms. The predicted molar refractivity (Wildman–Crippen MR) is 112 cm³/mol. The molecule has 1 N–H and O–H groups in total. The van der Waals surface area contributed by atoms with Gasteiger partial charge in [0.25, 0.3) is 5.71 Å². The van der Waals surface area contributed by atoms with Crippen LogP contribution in [0, 0.1) is 0 Å². The Labute approximate surface area is 166 Å². The first kappa shape index (κ1) is 20.1. The molecular formula is C21H29N5O2. The van der Waals surface area contributed by atoms with Crippen LogP contribution in [0.25, 0.3) is 22.4 Å². The lowest BCUT2D eigenvalue weighted by molar-refractivity contribution is 0.282. The van der Waals surface area contributed by atoms with Crippen molar-refractivity contribution < 1.29 is 9.26 Å². The molecule has 150 valence electrons. The van der Waals surface area contributed by atoms with E-state index in [1.807, 2.05) is 24.3 Å². The van der Waals surface area contributed by atoms with Crippen LogP contribution in [0.15, 0.2) is 35.1 Å². The van der Waals surface area contributed by atoms with Crippen molar-refractivity contribution in [3.05, 3.63) is 30.6 Å². The van der Waals surface area contributed by atoms with Gasteiger partial charge in [-0.2, -0.15) is 4.98 Å². The lowest BCUT2D eigenvalue weighted by Gasteiger charge is -2.20. The number of methoxy groups -OCH3 is 1. The van der Waals surface area contributed by atoms with Crippen LogP contribution in [0.1, 0.15) is 33.1 Å². The van der Waals surface area contributed by atoms with Crippen LogP contribution in [-0.2, 0) is 0 Å². The molecule has 2 aromatic heterocycles. The van der Waals surface area contributed by atoms with Crippen LogP contribution in [0.3, 0.4) is 0 Å². The molecular weight excluding hydrogens is 354 g/mol. The summed E-state index contributed by atoms with van der Waals surface area (Å²) in [4.78, 5) is 11.1. The molecule has 1 aromatic carbocycles. The molecule has 7 nitrogen and oxygen atoms in total. The van der Waals surface area contributed by atoms with E-state index >= 15 is 0 Å². The maximum absolute atomic E-state index is 5.48. The summed E-state index contributed by atoms with van der Waals surface area (Å²) < 4.78 is 10.9. The number of ether oxygens (including phenoxy) is 1. The number of hydrogen-bond acceptors (Lipinski definition) is 7. The summed E-state index contributed by atoms with van der Waals surface area (Å²) in [6.07, 6.45) is 5.02. The zero-order chi connectivity index (χ0) is 19.8. The topological polar surface area (TPSA) is 76.3 Å². The number of anilines is 1. The van der Waals surface area contributed by atoms with Gasteiger partial charge in [-0.15, -0.1) is 0 Å². The SMILES string of the molecule is CCCCN(CC)CCCNc1ncnc2onc(-c3ccccc3OC)c12. The Hall–Kier alpha value is -2.67. The maximum atomic E-state index is 5.48. The highest BCUT2D eigenvalue weighted by atomic mass is 16.5. The molecule has 3 aromatic rings. The molecule has 0 amide bonds. The van der Waals surface area contributed by atoms with Crippen LogP contribution in [-0.4, -0.2) is 53.3 Å². The second kappa shape index (κ2) is 10.0. The monoisotopic (exact) mass is 383 g/mol. The first-order chi connectivity index (χ1) is 13.8. The highest BCUT2D eigenvalue weighted by Gasteiger charge is 2.19. The van der Waals surface area contributed by atoms with Gasteiger partial charge in [-0.25, -0.2) is 4.98 Å². The number of nitrogens with one attached hydrogen (secondary N) is 1. The van der Waals surface area contributed by atoms with Crippen LogP contribution in [0.5, 0.6) is 5.75 Å². The number of hydrogen-bond donors (Lipinski definition) is 1. The Morgan fingerprint density at radius 1 is 1.11 bits per heavy atom. The molecule has 0 aliphatic heterocycles. The molecule has 0 aliphatic rings. The second-order valence-electron chi connectivity index (χ2n) is 6.70. The van der Waals surface area contributed by atoms with Crippen molar-refractivity contribution in [2.75, 3.05) is 38.6 Å². The Morgan fingerprint density at radius 3 is 2.71 bits per heavy atom. The number of benzene rings is 1. The van der Waals surface area contributed by atoms with Crippen molar-refractivity contribution in [2.45, 2.75) is 33.1 Å². The van der Waals surface area contributed by atoms with Crippen LogP contribution in [0.4, 0.5) is 5.82 Å². The minimum Gasteiger partial charge on any atom is -0.496 e. The van der Waals surface area contributed by atoms with Gasteiger partial charge in [0.2, 0.25) is 0 Å². The average molecular weight is 383 g/mol. The molecule has 0 unspecified atom stereocenters. The van der Waals surface area contributed by atoms with Gasteiger partial charge in [0.1, 0.15) is 29.0 Å². The van der Waals surface area contributed by atoms with Gasteiger partial charge in [-0.3, -0.25) is 0 Å². The molecule has 0 atom stereocenters. The first-order valence-electron chi connectivity index (χ1n) is 9.98. The number of para-hydroxylation sites is 1. The highest BCUT2D eigenvalue weighted by molar-refractivity contribution is 5.98. The zero-order valence-electron chi connectivity index (χ0n) is 16.9. The van der Waals surface area contributed by atoms with E-state index in [1.165, 1.54) is 19.2 Å². The molecule has 0 radical (unpaired) electrons. The van der Waals surface area contributed by atoms with Gasteiger partial charge < -0.3 is 19.5 Å². The lowest BCUT2D eigenvalue weighted by Crippen LogP contribution is -2.27. The largest absolute Gasteiger partial charge is 0.496 e. The number of unbranched alkanes of at least 4 members (excludes halogenated alkanes) is 1. The minimum absolute atomic E-state index is 0.469. The Balaban J connectivity index is 1.75. The van der Waals surface area contributed by atoms with Crippen LogP contribution >= 0.6 is 0 Å². The molecule has 28 heavy (non-hydrogen) atoms. The van der Waals surface area contributed by atoms with Gasteiger partial charge in [0, 0.05) is 12.1 Å². The van der Waals surface area contributed by atoms with Gasteiger partial charge >= 0.3 is 0 Å². The average Bonchev–Trinajstić information content (AvgIpc) is 3.18. The molecule has 0 spiro atoms. The standard InChI is InChI=1S/C21H29N5O2/c1-4-6-13-26(5-2)14-9-12-22-20-18-19(25-28-21(18)24-15-23-20)16-10-7-8-11-17(16)27-3/h7-8,10-11,15H,4-6,9,12-14H2,1-3H3,(H,22,23,24). The first-order valence-corrected chi connectivity index (χ1v) is 9.98. The van der Waals surface area contributed by atoms with E-state index < -0.39 is 0 Å². The van der Waals surface area contributed by atoms with E-state index in [2.05, 4.69) is 39.2 Å². The molecule has 0 saturated heterocycles. The third kappa shape index (κ3) is 4.59. The van der Waals surface area contributed by atoms with Crippen LogP contribution < -0.4 is 10.1 Å². The van der Waals surface area contributed by atoms with Crippen molar-refractivity contribution in [3.8, 4) is 17.0 Å².